The molecular formula is C23H26N6. The quantitative estimate of drug-likeness (QED) is 0.479. The van der Waals surface area contributed by atoms with Crippen molar-refractivity contribution in [2.75, 3.05) is 30.4 Å². The number of H-pyrrole nitrogens is 1. The minimum atomic E-state index is 0.744. The fourth-order valence-corrected chi connectivity index (χ4v) is 3.42. The van der Waals surface area contributed by atoms with Crippen LogP contribution in [-0.2, 0) is 12.8 Å². The van der Waals surface area contributed by atoms with Crippen LogP contribution in [0.1, 0.15) is 16.8 Å². The van der Waals surface area contributed by atoms with Crippen molar-refractivity contribution in [3.05, 3.63) is 77.9 Å². The van der Waals surface area contributed by atoms with Crippen LogP contribution >= 0.6 is 0 Å². The number of para-hydroxylation sites is 1. The van der Waals surface area contributed by atoms with E-state index in [9.17, 15) is 0 Å². The van der Waals surface area contributed by atoms with Crippen molar-refractivity contribution >= 4 is 22.7 Å². The Morgan fingerprint density at radius 3 is 2.72 bits per heavy atom. The van der Waals surface area contributed by atoms with Crippen molar-refractivity contribution in [2.45, 2.75) is 19.8 Å². The third kappa shape index (κ3) is 4.71. The van der Waals surface area contributed by atoms with Crippen LogP contribution in [0.15, 0.2) is 61.1 Å². The summed E-state index contributed by atoms with van der Waals surface area (Å²) in [5.41, 5.74) is 4.71. The third-order valence-corrected chi connectivity index (χ3v) is 5.04. The normalized spacial score (nSPS) is 11.0. The SMILES string of the molecule is Cc1cc(NCCc2c[nH]c3ccccc23)nc(N(C)CCc2ccncc2)n1. The fourth-order valence-electron chi connectivity index (χ4n) is 3.42. The molecule has 0 fully saturated rings. The molecule has 3 aromatic heterocycles. The number of nitrogens with zero attached hydrogens (tertiary/aromatic N) is 4. The molecule has 1 aromatic carbocycles. The largest absolute Gasteiger partial charge is 0.370 e. The molecule has 0 atom stereocenters. The van der Waals surface area contributed by atoms with Gasteiger partial charge in [-0.1, -0.05) is 18.2 Å². The number of nitrogens with one attached hydrogen (secondary N) is 2. The Morgan fingerprint density at radius 2 is 1.86 bits per heavy atom. The summed E-state index contributed by atoms with van der Waals surface area (Å²) < 4.78 is 0. The maximum atomic E-state index is 4.71. The maximum absolute atomic E-state index is 4.71. The minimum absolute atomic E-state index is 0.744. The van der Waals surface area contributed by atoms with Crippen LogP contribution in [0.4, 0.5) is 11.8 Å². The summed E-state index contributed by atoms with van der Waals surface area (Å²) in [7, 11) is 2.03. The van der Waals surface area contributed by atoms with E-state index in [1.807, 2.05) is 44.6 Å². The Morgan fingerprint density at radius 1 is 1.03 bits per heavy atom. The van der Waals surface area contributed by atoms with Crippen molar-refractivity contribution in [1.82, 2.24) is 19.9 Å². The predicted molar refractivity (Wildman–Crippen MR) is 118 cm³/mol. The minimum Gasteiger partial charge on any atom is -0.370 e. The number of aromatic nitrogens is 4. The second-order valence-corrected chi connectivity index (χ2v) is 7.26. The lowest BCUT2D eigenvalue weighted by Crippen LogP contribution is -2.23. The Kier molecular flexibility index (Phi) is 5.70. The van der Waals surface area contributed by atoms with E-state index < -0.39 is 0 Å². The van der Waals surface area contributed by atoms with Gasteiger partial charge in [0.1, 0.15) is 5.82 Å². The van der Waals surface area contributed by atoms with Gasteiger partial charge < -0.3 is 15.2 Å². The number of fused-ring (bicyclic) bond motifs is 1. The number of pyridine rings is 1. The fraction of sp³-hybridized carbons (Fsp3) is 0.261. The van der Waals surface area contributed by atoms with E-state index >= 15 is 0 Å². The zero-order valence-electron chi connectivity index (χ0n) is 16.9. The van der Waals surface area contributed by atoms with Crippen LogP contribution in [0.5, 0.6) is 0 Å². The molecule has 4 rings (SSSR count). The number of anilines is 2. The molecule has 0 aliphatic rings. The van der Waals surface area contributed by atoms with E-state index in [-0.39, 0.29) is 0 Å². The predicted octanol–water partition coefficient (Wildman–Crippen LogP) is 3.99. The Labute approximate surface area is 171 Å². The van der Waals surface area contributed by atoms with Crippen molar-refractivity contribution in [3.63, 3.8) is 0 Å². The average Bonchev–Trinajstić information content (AvgIpc) is 3.15. The zero-order valence-corrected chi connectivity index (χ0v) is 16.9. The van der Waals surface area contributed by atoms with Crippen LogP contribution in [0.25, 0.3) is 10.9 Å². The van der Waals surface area contributed by atoms with Gasteiger partial charge >= 0.3 is 0 Å². The van der Waals surface area contributed by atoms with Crippen molar-refractivity contribution in [1.29, 1.82) is 0 Å². The summed E-state index contributed by atoms with van der Waals surface area (Å²) >= 11 is 0. The Balaban J connectivity index is 1.37. The standard InChI is InChI=1S/C23H26N6/c1-17-15-22(25-13-9-19-16-26-21-6-4-3-5-20(19)21)28-23(27-17)29(2)14-10-18-7-11-24-12-8-18/h3-8,11-12,15-16,26H,9-10,13-14H2,1-2H3,(H,25,27,28). The number of aromatic amines is 1. The summed E-state index contributed by atoms with van der Waals surface area (Å²) in [6, 6.07) is 14.5. The molecule has 2 N–H and O–H groups in total. The highest BCUT2D eigenvalue weighted by molar-refractivity contribution is 5.83. The van der Waals surface area contributed by atoms with Gasteiger partial charge in [0.05, 0.1) is 0 Å². The first-order valence-electron chi connectivity index (χ1n) is 9.93. The van der Waals surface area contributed by atoms with E-state index in [0.29, 0.717) is 0 Å². The molecule has 6 nitrogen and oxygen atoms in total. The number of benzene rings is 1. The second kappa shape index (κ2) is 8.73. The number of likely N-dealkylation sites (N-methyl/N-ethyl adjacent to an activating group) is 1. The lowest BCUT2D eigenvalue weighted by molar-refractivity contribution is 0.831. The summed E-state index contributed by atoms with van der Waals surface area (Å²) in [6.45, 7) is 3.67. The molecule has 0 saturated carbocycles. The maximum Gasteiger partial charge on any atom is 0.227 e. The highest BCUT2D eigenvalue weighted by atomic mass is 15.2. The molecular weight excluding hydrogens is 360 g/mol. The first-order valence-corrected chi connectivity index (χ1v) is 9.93. The molecule has 0 radical (unpaired) electrons. The topological polar surface area (TPSA) is 69.7 Å². The smallest absolute Gasteiger partial charge is 0.227 e. The summed E-state index contributed by atoms with van der Waals surface area (Å²) in [5.74, 6) is 1.61. The van der Waals surface area contributed by atoms with E-state index in [4.69, 9.17) is 4.98 Å². The molecule has 0 bridgehead atoms. The van der Waals surface area contributed by atoms with Crippen LogP contribution in [0, 0.1) is 6.92 Å². The van der Waals surface area contributed by atoms with Gasteiger partial charge in [-0.05, 0) is 49.1 Å². The Bertz CT molecular complexity index is 1070. The van der Waals surface area contributed by atoms with Gasteiger partial charge in [-0.15, -0.1) is 0 Å². The average molecular weight is 387 g/mol. The number of hydrogen-bond acceptors (Lipinski definition) is 5. The second-order valence-electron chi connectivity index (χ2n) is 7.26. The van der Waals surface area contributed by atoms with E-state index in [1.54, 1.807) is 0 Å². The number of hydrogen-bond donors (Lipinski definition) is 2. The molecule has 6 heteroatoms. The monoisotopic (exact) mass is 386 g/mol. The summed E-state index contributed by atoms with van der Waals surface area (Å²) in [6.07, 6.45) is 7.61. The lowest BCUT2D eigenvalue weighted by Gasteiger charge is -2.18. The number of rotatable bonds is 8. The van der Waals surface area contributed by atoms with Crippen molar-refractivity contribution < 1.29 is 0 Å². The molecule has 4 aromatic rings. The molecule has 3 heterocycles. The van der Waals surface area contributed by atoms with Gasteiger partial charge in [0.15, 0.2) is 0 Å². The summed E-state index contributed by atoms with van der Waals surface area (Å²) in [4.78, 5) is 18.8. The van der Waals surface area contributed by atoms with E-state index in [1.165, 1.54) is 22.0 Å². The highest BCUT2D eigenvalue weighted by Crippen LogP contribution is 2.18. The number of aryl methyl sites for hydroxylation is 1. The molecule has 0 amide bonds. The van der Waals surface area contributed by atoms with Gasteiger partial charge in [0.25, 0.3) is 0 Å². The first kappa shape index (κ1) is 18.9. The molecule has 29 heavy (non-hydrogen) atoms. The highest BCUT2D eigenvalue weighted by Gasteiger charge is 2.08. The molecule has 0 saturated heterocycles. The van der Waals surface area contributed by atoms with Gasteiger partial charge in [-0.2, -0.15) is 4.98 Å². The van der Waals surface area contributed by atoms with Gasteiger partial charge in [-0.25, -0.2) is 4.98 Å². The van der Waals surface area contributed by atoms with Crippen molar-refractivity contribution in [3.8, 4) is 0 Å². The molecule has 0 unspecified atom stereocenters. The van der Waals surface area contributed by atoms with E-state index in [0.717, 1.165) is 43.4 Å². The Hall–Kier alpha value is -3.41. The lowest BCUT2D eigenvalue weighted by atomic mass is 10.1. The van der Waals surface area contributed by atoms with Gasteiger partial charge in [-0.3, -0.25) is 4.98 Å². The third-order valence-electron chi connectivity index (χ3n) is 5.04. The van der Waals surface area contributed by atoms with Crippen LogP contribution in [0.3, 0.4) is 0 Å². The van der Waals surface area contributed by atoms with Crippen LogP contribution in [0.2, 0.25) is 0 Å². The first-order chi connectivity index (χ1) is 14.2. The molecule has 0 aliphatic heterocycles. The van der Waals surface area contributed by atoms with E-state index in [2.05, 4.69) is 55.6 Å². The molecule has 0 spiro atoms. The van der Waals surface area contributed by atoms with Gasteiger partial charge in [0, 0.05) is 61.4 Å². The van der Waals surface area contributed by atoms with Crippen LogP contribution < -0.4 is 10.2 Å². The van der Waals surface area contributed by atoms with Crippen molar-refractivity contribution in [2.24, 2.45) is 0 Å². The zero-order chi connectivity index (χ0) is 20.1. The summed E-state index contributed by atoms with van der Waals surface area (Å²) in [5, 5.41) is 4.74. The molecule has 0 aliphatic carbocycles. The van der Waals surface area contributed by atoms with Gasteiger partial charge in [0.2, 0.25) is 5.95 Å². The molecule has 148 valence electrons. The van der Waals surface area contributed by atoms with Crippen LogP contribution in [-0.4, -0.2) is 40.1 Å².